The Kier molecular flexibility index (Phi) is 8.47. The molecule has 1 aromatic carbocycles. The summed E-state index contributed by atoms with van der Waals surface area (Å²) < 4.78 is 6.14. The van der Waals surface area contributed by atoms with Gasteiger partial charge in [0, 0.05) is 50.5 Å². The lowest BCUT2D eigenvalue weighted by atomic mass is 9.86. The smallest absolute Gasteiger partial charge is 0.233 e. The Balaban J connectivity index is 1.05. The number of piperidine rings is 1. The molecule has 8 nitrogen and oxygen atoms in total. The number of amides is 1. The van der Waals surface area contributed by atoms with Gasteiger partial charge in [-0.1, -0.05) is 32.1 Å². The van der Waals surface area contributed by atoms with E-state index in [0.717, 1.165) is 76.4 Å². The number of carbonyl (C=O) groups is 1. The fourth-order valence-corrected chi connectivity index (χ4v) is 5.79. The zero-order valence-electron chi connectivity index (χ0n) is 22.3. The molecular weight excluding hydrogens is 468 g/mol. The second kappa shape index (κ2) is 12.0. The first-order valence-electron chi connectivity index (χ1n) is 14.1. The number of nitrogens with zero attached hydrogens (tertiary/aromatic N) is 3. The van der Waals surface area contributed by atoms with Gasteiger partial charge in [-0.05, 0) is 67.7 Å². The van der Waals surface area contributed by atoms with Crippen LogP contribution in [0.25, 0.3) is 5.57 Å². The van der Waals surface area contributed by atoms with Crippen molar-refractivity contribution in [1.82, 2.24) is 15.3 Å². The number of rotatable bonds is 8. The van der Waals surface area contributed by atoms with Crippen LogP contribution in [0.5, 0.6) is 5.75 Å². The van der Waals surface area contributed by atoms with Crippen molar-refractivity contribution in [3.05, 3.63) is 35.9 Å². The predicted molar refractivity (Wildman–Crippen MR) is 144 cm³/mol. The minimum Gasteiger partial charge on any atom is -0.493 e. The highest BCUT2D eigenvalue weighted by atomic mass is 16.7. The van der Waals surface area contributed by atoms with E-state index in [4.69, 9.17) is 9.57 Å². The molecular formula is C29H42N4O4. The van der Waals surface area contributed by atoms with Crippen molar-refractivity contribution in [2.75, 3.05) is 39.4 Å². The summed E-state index contributed by atoms with van der Waals surface area (Å²) >= 11 is 0. The molecule has 8 heteroatoms. The molecule has 0 aromatic heterocycles. The highest BCUT2D eigenvalue weighted by molar-refractivity contribution is 5.84. The number of aliphatic hydroxyl groups is 1. The number of hydroxylamine groups is 1. The number of ether oxygens (including phenoxy) is 1. The molecule has 0 saturated carbocycles. The molecule has 4 aliphatic rings. The third kappa shape index (κ3) is 6.36. The number of allylic oxidation sites excluding steroid dienone is 2. The van der Waals surface area contributed by atoms with Crippen molar-refractivity contribution in [3.63, 3.8) is 0 Å². The van der Waals surface area contributed by atoms with Crippen molar-refractivity contribution >= 4 is 17.3 Å². The monoisotopic (exact) mass is 510 g/mol. The molecule has 0 bridgehead atoms. The third-order valence-corrected chi connectivity index (χ3v) is 8.35. The summed E-state index contributed by atoms with van der Waals surface area (Å²) in [4.78, 5) is 27.4. The lowest BCUT2D eigenvalue weighted by Crippen LogP contribution is -2.42. The molecule has 2 N–H and O–H groups in total. The number of hydrogen-bond acceptors (Lipinski definition) is 7. The molecule has 3 heterocycles. The Bertz CT molecular complexity index is 984. The summed E-state index contributed by atoms with van der Waals surface area (Å²) in [6.45, 7) is 8.57. The first-order valence-corrected chi connectivity index (χ1v) is 14.1. The molecule has 37 heavy (non-hydrogen) atoms. The van der Waals surface area contributed by atoms with E-state index in [0.29, 0.717) is 18.4 Å². The van der Waals surface area contributed by atoms with Gasteiger partial charge in [-0.2, -0.15) is 0 Å². The van der Waals surface area contributed by atoms with Crippen molar-refractivity contribution in [2.45, 2.75) is 58.7 Å². The van der Waals surface area contributed by atoms with Crippen LogP contribution in [0.15, 0.2) is 35.3 Å². The van der Waals surface area contributed by atoms with E-state index in [1.165, 1.54) is 11.1 Å². The summed E-state index contributed by atoms with van der Waals surface area (Å²) in [6.07, 6.45) is 7.75. The van der Waals surface area contributed by atoms with E-state index in [1.54, 1.807) is 0 Å². The number of amidine groups is 1. The normalized spacial score (nSPS) is 27.2. The van der Waals surface area contributed by atoms with Crippen molar-refractivity contribution < 1.29 is 19.5 Å². The van der Waals surface area contributed by atoms with Crippen LogP contribution in [0.2, 0.25) is 0 Å². The van der Waals surface area contributed by atoms with Crippen molar-refractivity contribution in [1.29, 1.82) is 0 Å². The van der Waals surface area contributed by atoms with Crippen LogP contribution < -0.4 is 10.2 Å². The molecule has 3 unspecified atom stereocenters. The van der Waals surface area contributed by atoms with Gasteiger partial charge < -0.3 is 14.7 Å². The maximum absolute atomic E-state index is 12.9. The summed E-state index contributed by atoms with van der Waals surface area (Å²) in [7, 11) is 0. The van der Waals surface area contributed by atoms with Gasteiger partial charge in [-0.3, -0.25) is 9.69 Å². The van der Waals surface area contributed by atoms with Crippen LogP contribution >= 0.6 is 0 Å². The Labute approximate surface area is 220 Å². The molecule has 3 atom stereocenters. The average molecular weight is 511 g/mol. The summed E-state index contributed by atoms with van der Waals surface area (Å²) in [5.74, 6) is 3.32. The van der Waals surface area contributed by atoms with Crippen LogP contribution in [0.4, 0.5) is 0 Å². The Morgan fingerprint density at radius 2 is 1.89 bits per heavy atom. The van der Waals surface area contributed by atoms with Gasteiger partial charge in [0.05, 0.1) is 6.61 Å². The molecule has 1 amide bonds. The van der Waals surface area contributed by atoms with E-state index in [9.17, 15) is 9.90 Å². The standard InChI is InChI=1S/C29H42N4O4/c1-20(2)27-30-29(37-31-27)32-14-11-21(12-15-32)19-36-26-9-7-24(8-10-26)23-3-5-25(6-4-23)28(35)33-16-13-22(17-33)18-34/h3,7-10,20-22,25,29,34H,4-6,11-19H2,1-2H3,(H,30,31). The molecule has 5 rings (SSSR count). The van der Waals surface area contributed by atoms with E-state index >= 15 is 0 Å². The molecule has 0 spiro atoms. The zero-order valence-corrected chi connectivity index (χ0v) is 22.3. The second-order valence-corrected chi connectivity index (χ2v) is 11.4. The van der Waals surface area contributed by atoms with Gasteiger partial charge in [0.25, 0.3) is 0 Å². The largest absolute Gasteiger partial charge is 0.493 e. The van der Waals surface area contributed by atoms with Gasteiger partial charge in [0.2, 0.25) is 12.3 Å². The second-order valence-electron chi connectivity index (χ2n) is 11.4. The summed E-state index contributed by atoms with van der Waals surface area (Å²) in [5, 5.41) is 9.36. The van der Waals surface area contributed by atoms with Crippen molar-refractivity contribution in [3.8, 4) is 5.75 Å². The number of aliphatic hydroxyl groups excluding tert-OH is 1. The molecule has 202 valence electrons. The highest BCUT2D eigenvalue weighted by Gasteiger charge is 2.32. The predicted octanol–water partition coefficient (Wildman–Crippen LogP) is 3.67. The average Bonchev–Trinajstić information content (AvgIpc) is 3.63. The lowest BCUT2D eigenvalue weighted by molar-refractivity contribution is -0.134. The van der Waals surface area contributed by atoms with E-state index in [-0.39, 0.29) is 30.7 Å². The van der Waals surface area contributed by atoms with Gasteiger partial charge in [0.15, 0.2) is 0 Å². The Morgan fingerprint density at radius 1 is 1.14 bits per heavy atom. The Morgan fingerprint density at radius 3 is 2.51 bits per heavy atom. The summed E-state index contributed by atoms with van der Waals surface area (Å²) in [5.41, 5.74) is 5.51. The minimum atomic E-state index is -0.201. The van der Waals surface area contributed by atoms with E-state index in [1.807, 2.05) is 4.90 Å². The molecule has 3 aliphatic heterocycles. The van der Waals surface area contributed by atoms with Crippen LogP contribution in [0, 0.1) is 23.7 Å². The SMILES string of the molecule is CC(C)C1=NC(N2CCC(COc3ccc(C4=CCC(C(=O)N5CCC(CO)C5)CC4)cc3)CC2)ON1. The van der Waals surface area contributed by atoms with Crippen LogP contribution in [-0.4, -0.2) is 72.4 Å². The maximum Gasteiger partial charge on any atom is 0.233 e. The number of likely N-dealkylation sites (tertiary alicyclic amines) is 2. The molecule has 1 aliphatic carbocycles. The number of benzene rings is 1. The van der Waals surface area contributed by atoms with E-state index in [2.05, 4.69) is 59.6 Å². The first-order chi connectivity index (χ1) is 18.0. The van der Waals surface area contributed by atoms with Crippen molar-refractivity contribution in [2.24, 2.45) is 28.7 Å². The summed E-state index contributed by atoms with van der Waals surface area (Å²) in [6, 6.07) is 8.43. The lowest BCUT2D eigenvalue weighted by Gasteiger charge is -2.33. The maximum atomic E-state index is 12.9. The molecule has 1 aromatic rings. The number of hydrogen-bond donors (Lipinski definition) is 2. The minimum absolute atomic E-state index is 0.0794. The fourth-order valence-electron chi connectivity index (χ4n) is 5.79. The highest BCUT2D eigenvalue weighted by Crippen LogP contribution is 2.33. The van der Waals surface area contributed by atoms with E-state index < -0.39 is 0 Å². The van der Waals surface area contributed by atoms with Crippen LogP contribution in [0.1, 0.15) is 57.9 Å². The molecule has 2 fully saturated rings. The first kappa shape index (κ1) is 26.2. The van der Waals surface area contributed by atoms with Gasteiger partial charge in [-0.15, -0.1) is 0 Å². The van der Waals surface area contributed by atoms with Gasteiger partial charge in [-0.25, -0.2) is 15.3 Å². The third-order valence-electron chi connectivity index (χ3n) is 8.35. The van der Waals surface area contributed by atoms with Crippen LogP contribution in [0.3, 0.4) is 0 Å². The number of carbonyl (C=O) groups excluding carboxylic acids is 1. The quantitative estimate of drug-likeness (QED) is 0.555. The van der Waals surface area contributed by atoms with Crippen LogP contribution in [-0.2, 0) is 9.63 Å². The number of nitrogens with one attached hydrogen (secondary N) is 1. The number of aliphatic imine (C=N–C) groups is 1. The fraction of sp³-hybridized carbons (Fsp3) is 0.655. The molecule has 2 saturated heterocycles. The van der Waals surface area contributed by atoms with Gasteiger partial charge >= 0.3 is 0 Å². The van der Waals surface area contributed by atoms with Gasteiger partial charge in [0.1, 0.15) is 11.6 Å². The molecule has 0 radical (unpaired) electrons. The topological polar surface area (TPSA) is 86.6 Å². The Hall–Kier alpha value is -2.42. The zero-order chi connectivity index (χ0) is 25.8.